The predicted molar refractivity (Wildman–Crippen MR) is 96.9 cm³/mol. The van der Waals surface area contributed by atoms with Crippen LogP contribution in [0.15, 0.2) is 0 Å². The third-order valence-electron chi connectivity index (χ3n) is 4.32. The molecule has 0 unspecified atom stereocenters. The summed E-state index contributed by atoms with van der Waals surface area (Å²) in [6.45, 7) is 2.29. The monoisotopic (exact) mass is 316 g/mol. The van der Waals surface area contributed by atoms with Crippen molar-refractivity contribution in [2.75, 3.05) is 14.2 Å². The van der Waals surface area contributed by atoms with E-state index >= 15 is 0 Å². The zero-order valence-corrected chi connectivity index (χ0v) is 16.4. The third-order valence-corrected chi connectivity index (χ3v) is 6.37. The molecule has 0 aliphatic heterocycles. The van der Waals surface area contributed by atoms with Gasteiger partial charge in [-0.2, -0.15) is 0 Å². The molecule has 0 radical (unpaired) electrons. The van der Waals surface area contributed by atoms with Gasteiger partial charge in [0.05, 0.1) is 9.52 Å². The average molecular weight is 317 g/mol. The molecule has 0 aromatic rings. The van der Waals surface area contributed by atoms with Gasteiger partial charge in [-0.15, -0.1) is 0 Å². The summed E-state index contributed by atoms with van der Waals surface area (Å²) in [4.78, 5) is 0. The molecule has 0 fully saturated rings. The largest absolute Gasteiger partial charge is 0.360 e. The van der Waals surface area contributed by atoms with Crippen LogP contribution in [0.4, 0.5) is 0 Å². The fraction of sp³-hybridized carbons (Fsp3) is 1.00. The quantitative estimate of drug-likeness (QED) is 0.207. The zero-order valence-electron chi connectivity index (χ0n) is 15.0. The minimum absolute atomic E-state index is 0.141. The number of hydrogen-bond donors (Lipinski definition) is 0. The van der Waals surface area contributed by atoms with E-state index in [0.717, 1.165) is 0 Å². The molecule has 0 aliphatic rings. The summed E-state index contributed by atoms with van der Waals surface area (Å²) < 4.78 is 10.5. The summed E-state index contributed by atoms with van der Waals surface area (Å²) in [6.07, 6.45) is 18.6. The van der Waals surface area contributed by atoms with Gasteiger partial charge in [0.2, 0.25) is 0 Å². The van der Waals surface area contributed by atoms with E-state index in [0.29, 0.717) is 0 Å². The highest BCUT2D eigenvalue weighted by molar-refractivity contribution is 6.36. The molecule has 0 heterocycles. The molecule has 0 saturated carbocycles. The highest BCUT2D eigenvalue weighted by Gasteiger charge is 2.04. The molecule has 0 atom stereocenters. The number of rotatable bonds is 17. The van der Waals surface area contributed by atoms with Crippen molar-refractivity contribution in [2.24, 2.45) is 0 Å². The second kappa shape index (κ2) is 18.2. The SMILES string of the molecule is CCCCCCCCCCCCCCC[SiH2]C(OC)OC. The van der Waals surface area contributed by atoms with Crippen molar-refractivity contribution in [3.63, 3.8) is 0 Å². The van der Waals surface area contributed by atoms with Crippen LogP contribution in [-0.4, -0.2) is 29.7 Å². The van der Waals surface area contributed by atoms with Crippen LogP contribution in [0.25, 0.3) is 0 Å². The van der Waals surface area contributed by atoms with Crippen LogP contribution in [0, 0.1) is 0 Å². The number of ether oxygens (including phenoxy) is 2. The van der Waals surface area contributed by atoms with Gasteiger partial charge in [-0.3, -0.25) is 0 Å². The number of unbranched alkanes of at least 4 members (excludes halogenated alkanes) is 12. The van der Waals surface area contributed by atoms with Crippen LogP contribution in [0.3, 0.4) is 0 Å². The normalized spacial score (nSPS) is 12.0. The molecule has 0 rings (SSSR count). The Morgan fingerprint density at radius 1 is 0.619 bits per heavy atom. The molecule has 0 spiro atoms. The van der Waals surface area contributed by atoms with E-state index < -0.39 is 0 Å². The van der Waals surface area contributed by atoms with E-state index in [2.05, 4.69) is 6.92 Å². The third kappa shape index (κ3) is 16.3. The number of methoxy groups -OCH3 is 2. The highest BCUT2D eigenvalue weighted by Crippen LogP contribution is 2.13. The van der Waals surface area contributed by atoms with Gasteiger partial charge in [0.1, 0.15) is 5.91 Å². The van der Waals surface area contributed by atoms with Crippen molar-refractivity contribution < 1.29 is 9.47 Å². The Labute approximate surface area is 136 Å². The van der Waals surface area contributed by atoms with Crippen LogP contribution in [0.1, 0.15) is 90.4 Å². The van der Waals surface area contributed by atoms with Gasteiger partial charge in [-0.05, 0) is 0 Å². The first-order chi connectivity index (χ1) is 10.3. The molecule has 2 nitrogen and oxygen atoms in total. The Kier molecular flexibility index (Phi) is 18.3. The lowest BCUT2D eigenvalue weighted by Gasteiger charge is -2.12. The van der Waals surface area contributed by atoms with Crippen LogP contribution in [-0.2, 0) is 9.47 Å². The van der Waals surface area contributed by atoms with Gasteiger partial charge in [0.15, 0.2) is 0 Å². The minimum atomic E-state index is -0.179. The lowest BCUT2D eigenvalue weighted by Crippen LogP contribution is -2.20. The van der Waals surface area contributed by atoms with Crippen molar-refractivity contribution in [1.29, 1.82) is 0 Å². The van der Waals surface area contributed by atoms with Gasteiger partial charge in [-0.1, -0.05) is 96.4 Å². The van der Waals surface area contributed by atoms with E-state index in [1.165, 1.54) is 89.5 Å². The summed E-state index contributed by atoms with van der Waals surface area (Å²) in [5, 5.41) is 0. The van der Waals surface area contributed by atoms with Crippen LogP contribution < -0.4 is 0 Å². The van der Waals surface area contributed by atoms with Crippen molar-refractivity contribution in [3.8, 4) is 0 Å². The molecule has 128 valence electrons. The Balaban J connectivity index is 3.02. The summed E-state index contributed by atoms with van der Waals surface area (Å²) in [6, 6.07) is 1.37. The van der Waals surface area contributed by atoms with Crippen molar-refractivity contribution in [1.82, 2.24) is 0 Å². The van der Waals surface area contributed by atoms with Crippen LogP contribution >= 0.6 is 0 Å². The molecule has 21 heavy (non-hydrogen) atoms. The predicted octanol–water partition coefficient (Wildman–Crippen LogP) is 5.24. The van der Waals surface area contributed by atoms with Crippen LogP contribution in [0.5, 0.6) is 0 Å². The lowest BCUT2D eigenvalue weighted by atomic mass is 10.1. The Morgan fingerprint density at radius 3 is 1.38 bits per heavy atom. The van der Waals surface area contributed by atoms with Crippen molar-refractivity contribution in [2.45, 2.75) is 102 Å². The summed E-state index contributed by atoms with van der Waals surface area (Å²) in [7, 11) is 3.33. The maximum absolute atomic E-state index is 5.25. The summed E-state index contributed by atoms with van der Waals surface area (Å²) in [5.74, 6) is 0.141. The van der Waals surface area contributed by atoms with Gasteiger partial charge < -0.3 is 9.47 Å². The molecule has 0 saturated heterocycles. The van der Waals surface area contributed by atoms with E-state index in [4.69, 9.17) is 9.47 Å². The van der Waals surface area contributed by atoms with Crippen molar-refractivity contribution in [3.05, 3.63) is 0 Å². The maximum atomic E-state index is 5.25. The van der Waals surface area contributed by atoms with E-state index in [1.54, 1.807) is 14.2 Å². The molecule has 3 heteroatoms. The van der Waals surface area contributed by atoms with Crippen LogP contribution in [0.2, 0.25) is 6.04 Å². The molecule has 0 amide bonds. The Morgan fingerprint density at radius 2 is 1.00 bits per heavy atom. The number of hydrogen-bond acceptors (Lipinski definition) is 2. The maximum Gasteiger partial charge on any atom is 0.134 e. The Hall–Kier alpha value is 0.137. The fourth-order valence-corrected chi connectivity index (χ4v) is 4.28. The van der Waals surface area contributed by atoms with Gasteiger partial charge >= 0.3 is 0 Å². The second-order valence-electron chi connectivity index (χ2n) is 6.29. The lowest BCUT2D eigenvalue weighted by molar-refractivity contribution is -0.0441. The highest BCUT2D eigenvalue weighted by atomic mass is 28.2. The van der Waals surface area contributed by atoms with Crippen molar-refractivity contribution >= 4 is 9.52 Å². The van der Waals surface area contributed by atoms with Gasteiger partial charge in [0, 0.05) is 14.2 Å². The summed E-state index contributed by atoms with van der Waals surface area (Å²) >= 11 is 0. The van der Waals surface area contributed by atoms with E-state index in [-0.39, 0.29) is 15.4 Å². The van der Waals surface area contributed by atoms with Gasteiger partial charge in [0.25, 0.3) is 0 Å². The summed E-state index contributed by atoms with van der Waals surface area (Å²) in [5.41, 5.74) is 0. The van der Waals surface area contributed by atoms with Gasteiger partial charge in [-0.25, -0.2) is 0 Å². The molecule has 0 aliphatic carbocycles. The Bertz CT molecular complexity index is 184. The average Bonchev–Trinajstić information content (AvgIpc) is 2.51. The van der Waals surface area contributed by atoms with E-state index in [1.807, 2.05) is 0 Å². The molecule has 0 aromatic carbocycles. The van der Waals surface area contributed by atoms with E-state index in [9.17, 15) is 0 Å². The molecule has 0 N–H and O–H groups in total. The first kappa shape index (κ1) is 21.1. The second-order valence-corrected chi connectivity index (χ2v) is 8.24. The topological polar surface area (TPSA) is 18.5 Å². The standard InChI is InChI=1S/C18H40O2Si/c1-4-5-6-7-8-9-10-11-12-13-14-15-16-17-21-18(19-2)20-3/h18H,4-17,21H2,1-3H3. The molecular weight excluding hydrogens is 276 g/mol. The smallest absolute Gasteiger partial charge is 0.134 e. The fourth-order valence-electron chi connectivity index (χ4n) is 2.84. The first-order valence-corrected chi connectivity index (χ1v) is 11.2. The minimum Gasteiger partial charge on any atom is -0.360 e. The molecule has 0 bridgehead atoms. The molecule has 0 aromatic heterocycles. The first-order valence-electron chi connectivity index (χ1n) is 9.40. The molecular formula is C18H40O2Si. The zero-order chi connectivity index (χ0) is 15.6.